The average Bonchev–Trinajstić information content (AvgIpc) is 2.41. The largest absolute Gasteiger partial charge is 0.249 e. The third-order valence-electron chi connectivity index (χ3n) is 2.89. The minimum Gasteiger partial charge on any atom is -0.249 e. The second-order valence-electron chi connectivity index (χ2n) is 4.18. The summed E-state index contributed by atoms with van der Waals surface area (Å²) in [5.41, 5.74) is 3.43. The summed E-state index contributed by atoms with van der Waals surface area (Å²) in [5, 5.41) is 0. The first-order valence-electron chi connectivity index (χ1n) is 5.80. The maximum Gasteiger partial charge on any atom is 0.232 e. The zero-order valence-corrected chi connectivity index (χ0v) is 11.3. The molecule has 0 aliphatic heterocycles. The number of pyridine rings is 2. The lowest BCUT2D eigenvalue weighted by molar-refractivity contribution is -0.662. The molecule has 0 spiro atoms. The fourth-order valence-electron chi connectivity index (χ4n) is 2.03. The molecule has 2 heterocycles. The summed E-state index contributed by atoms with van der Waals surface area (Å²) >= 11 is 3.48. The lowest BCUT2D eigenvalue weighted by atomic mass is 10.2. The number of rotatable bonds is 2. The Morgan fingerprint density at radius 1 is 1.06 bits per heavy atom. The van der Waals surface area contributed by atoms with Gasteiger partial charge in [0, 0.05) is 28.4 Å². The Bertz CT molecular complexity index is 680. The van der Waals surface area contributed by atoms with Gasteiger partial charge in [0.15, 0.2) is 12.7 Å². The molecule has 0 saturated heterocycles. The Morgan fingerprint density at radius 2 is 1.89 bits per heavy atom. The highest BCUT2D eigenvalue weighted by molar-refractivity contribution is 9.10. The van der Waals surface area contributed by atoms with E-state index < -0.39 is 0 Å². The van der Waals surface area contributed by atoms with E-state index in [1.165, 1.54) is 5.56 Å². The van der Waals surface area contributed by atoms with Gasteiger partial charge in [-0.05, 0) is 22.0 Å². The smallest absolute Gasteiger partial charge is 0.232 e. The van der Waals surface area contributed by atoms with Gasteiger partial charge in [-0.1, -0.05) is 30.3 Å². The van der Waals surface area contributed by atoms with Crippen LogP contribution < -0.4 is 4.57 Å². The number of fused-ring (bicyclic) bond motifs is 1. The van der Waals surface area contributed by atoms with E-state index in [0.29, 0.717) is 0 Å². The molecule has 2 aromatic heterocycles. The average molecular weight is 300 g/mol. The van der Waals surface area contributed by atoms with Crippen molar-refractivity contribution in [2.75, 3.05) is 0 Å². The summed E-state index contributed by atoms with van der Waals surface area (Å²) < 4.78 is 3.21. The van der Waals surface area contributed by atoms with Crippen LogP contribution >= 0.6 is 15.9 Å². The van der Waals surface area contributed by atoms with E-state index in [0.717, 1.165) is 22.1 Å². The van der Waals surface area contributed by atoms with Crippen LogP contribution in [0.1, 0.15) is 5.56 Å². The van der Waals surface area contributed by atoms with E-state index >= 15 is 0 Å². The van der Waals surface area contributed by atoms with E-state index in [-0.39, 0.29) is 0 Å². The molecule has 88 valence electrons. The van der Waals surface area contributed by atoms with Crippen molar-refractivity contribution >= 4 is 27.0 Å². The molecule has 3 aromatic rings. The second kappa shape index (κ2) is 4.86. The first kappa shape index (κ1) is 11.4. The van der Waals surface area contributed by atoms with Gasteiger partial charge in [-0.2, -0.15) is 4.57 Å². The molecule has 0 aliphatic carbocycles. The molecule has 1 aromatic carbocycles. The van der Waals surface area contributed by atoms with Crippen molar-refractivity contribution < 1.29 is 4.57 Å². The Morgan fingerprint density at radius 3 is 2.72 bits per heavy atom. The van der Waals surface area contributed by atoms with Crippen LogP contribution in [0.3, 0.4) is 0 Å². The van der Waals surface area contributed by atoms with Gasteiger partial charge in [0.2, 0.25) is 5.52 Å². The van der Waals surface area contributed by atoms with Gasteiger partial charge in [-0.15, -0.1) is 0 Å². The van der Waals surface area contributed by atoms with Crippen molar-refractivity contribution in [2.45, 2.75) is 6.54 Å². The van der Waals surface area contributed by atoms with Gasteiger partial charge in [-0.3, -0.25) is 0 Å². The minimum absolute atomic E-state index is 0.857. The lowest BCUT2D eigenvalue weighted by Gasteiger charge is -2.01. The molecular weight excluding hydrogens is 288 g/mol. The predicted octanol–water partition coefficient (Wildman–Crippen LogP) is 3.33. The standard InChI is InChI=1S/C15H12BrN2/c16-13-9-15-14(17-10-13)7-4-8-18(15)11-12-5-2-1-3-6-12/h1-10H,11H2/q+1. The van der Waals surface area contributed by atoms with E-state index in [2.05, 4.69) is 62.0 Å². The van der Waals surface area contributed by atoms with Crippen LogP contribution in [-0.4, -0.2) is 4.98 Å². The Balaban J connectivity index is 2.09. The van der Waals surface area contributed by atoms with Crippen LogP contribution in [-0.2, 0) is 6.54 Å². The van der Waals surface area contributed by atoms with Crippen molar-refractivity contribution in [1.82, 2.24) is 4.98 Å². The number of hydrogen-bond acceptors (Lipinski definition) is 1. The molecule has 3 rings (SSSR count). The lowest BCUT2D eigenvalue weighted by Crippen LogP contribution is -2.34. The number of aromatic nitrogens is 2. The van der Waals surface area contributed by atoms with Crippen molar-refractivity contribution in [3.05, 3.63) is 71.0 Å². The summed E-state index contributed by atoms with van der Waals surface area (Å²) in [7, 11) is 0. The van der Waals surface area contributed by atoms with Crippen molar-refractivity contribution in [3.63, 3.8) is 0 Å². The number of nitrogens with zero attached hydrogens (tertiary/aromatic N) is 2. The van der Waals surface area contributed by atoms with Crippen LogP contribution in [0.5, 0.6) is 0 Å². The van der Waals surface area contributed by atoms with Crippen molar-refractivity contribution in [2.24, 2.45) is 0 Å². The molecule has 0 radical (unpaired) electrons. The summed E-state index contributed by atoms with van der Waals surface area (Å²) in [6.07, 6.45) is 3.92. The third-order valence-corrected chi connectivity index (χ3v) is 3.32. The fraction of sp³-hybridized carbons (Fsp3) is 0.0667. The minimum atomic E-state index is 0.857. The molecule has 18 heavy (non-hydrogen) atoms. The summed E-state index contributed by atoms with van der Waals surface area (Å²) in [4.78, 5) is 4.42. The first-order valence-corrected chi connectivity index (χ1v) is 6.60. The highest BCUT2D eigenvalue weighted by atomic mass is 79.9. The zero-order chi connectivity index (χ0) is 12.4. The molecule has 0 bridgehead atoms. The highest BCUT2D eigenvalue weighted by Crippen LogP contribution is 2.14. The van der Waals surface area contributed by atoms with Gasteiger partial charge in [0.05, 0.1) is 0 Å². The van der Waals surface area contributed by atoms with Gasteiger partial charge in [0.1, 0.15) is 5.52 Å². The number of hydrogen-bond donors (Lipinski definition) is 0. The zero-order valence-electron chi connectivity index (χ0n) is 9.75. The van der Waals surface area contributed by atoms with Gasteiger partial charge >= 0.3 is 0 Å². The molecule has 0 atom stereocenters. The molecule has 0 unspecified atom stereocenters. The van der Waals surface area contributed by atoms with Gasteiger partial charge in [0.25, 0.3) is 0 Å². The monoisotopic (exact) mass is 299 g/mol. The number of halogens is 1. The Hall–Kier alpha value is -1.74. The van der Waals surface area contributed by atoms with E-state index in [1.807, 2.05) is 24.4 Å². The molecule has 0 aliphatic rings. The fourth-order valence-corrected chi connectivity index (χ4v) is 2.35. The quantitative estimate of drug-likeness (QED) is 0.663. The first-order chi connectivity index (χ1) is 8.83. The summed E-state index contributed by atoms with van der Waals surface area (Å²) in [6.45, 7) is 0.857. The van der Waals surface area contributed by atoms with E-state index in [4.69, 9.17) is 0 Å². The molecular formula is C15H12BrN2+. The Labute approximate surface area is 114 Å². The molecule has 0 fully saturated rings. The molecule has 0 N–H and O–H groups in total. The van der Waals surface area contributed by atoms with Crippen molar-refractivity contribution in [1.29, 1.82) is 0 Å². The van der Waals surface area contributed by atoms with Crippen LogP contribution in [0, 0.1) is 0 Å². The highest BCUT2D eigenvalue weighted by Gasteiger charge is 2.10. The number of benzene rings is 1. The SMILES string of the molecule is Brc1cnc2ccc[n+](Cc3ccccc3)c2c1. The van der Waals surface area contributed by atoms with Gasteiger partial charge in [-0.25, -0.2) is 4.98 Å². The van der Waals surface area contributed by atoms with Gasteiger partial charge < -0.3 is 0 Å². The summed E-state index contributed by atoms with van der Waals surface area (Å²) in [6, 6.07) is 16.6. The van der Waals surface area contributed by atoms with Crippen LogP contribution in [0.25, 0.3) is 11.0 Å². The second-order valence-corrected chi connectivity index (χ2v) is 5.10. The molecule has 3 heteroatoms. The molecule has 0 saturated carbocycles. The maximum absolute atomic E-state index is 4.42. The normalized spacial score (nSPS) is 10.7. The third kappa shape index (κ3) is 2.27. The van der Waals surface area contributed by atoms with Crippen LogP contribution in [0.4, 0.5) is 0 Å². The van der Waals surface area contributed by atoms with E-state index in [1.54, 1.807) is 0 Å². The maximum atomic E-state index is 4.42. The molecule has 0 amide bonds. The molecule has 2 nitrogen and oxygen atoms in total. The topological polar surface area (TPSA) is 16.8 Å². The Kier molecular flexibility index (Phi) is 3.07. The summed E-state index contributed by atoms with van der Waals surface area (Å²) in [5.74, 6) is 0. The van der Waals surface area contributed by atoms with Crippen LogP contribution in [0.2, 0.25) is 0 Å². The van der Waals surface area contributed by atoms with Crippen LogP contribution in [0.15, 0.2) is 65.4 Å². The van der Waals surface area contributed by atoms with E-state index in [9.17, 15) is 0 Å². The predicted molar refractivity (Wildman–Crippen MR) is 75.2 cm³/mol. The van der Waals surface area contributed by atoms with Crippen molar-refractivity contribution in [3.8, 4) is 0 Å².